The van der Waals surface area contributed by atoms with E-state index in [-0.39, 0.29) is 17.6 Å². The van der Waals surface area contributed by atoms with Crippen LogP contribution in [0.2, 0.25) is 0 Å². The van der Waals surface area contributed by atoms with Crippen LogP contribution in [0.3, 0.4) is 0 Å². The van der Waals surface area contributed by atoms with Crippen LogP contribution in [0.5, 0.6) is 0 Å². The maximum Gasteiger partial charge on any atom is 0.247 e. The van der Waals surface area contributed by atoms with Crippen LogP contribution in [-0.4, -0.2) is 17.9 Å². The number of carbonyl (C=O) groups is 2. The van der Waals surface area contributed by atoms with Crippen molar-refractivity contribution in [3.63, 3.8) is 0 Å². The van der Waals surface area contributed by atoms with Gasteiger partial charge in [0.25, 0.3) is 0 Å². The normalized spacial score (nSPS) is 17.2. The molecule has 1 N–H and O–H groups in total. The van der Waals surface area contributed by atoms with Crippen LogP contribution < -0.4 is 10.2 Å². The van der Waals surface area contributed by atoms with Crippen molar-refractivity contribution in [2.45, 2.75) is 32.7 Å². The second-order valence-corrected chi connectivity index (χ2v) is 6.03. The van der Waals surface area contributed by atoms with Crippen LogP contribution in [0.4, 0.5) is 15.8 Å². The molecule has 0 aliphatic carbocycles. The van der Waals surface area contributed by atoms with Crippen molar-refractivity contribution in [1.82, 2.24) is 0 Å². The molecule has 0 radical (unpaired) electrons. The molecule has 2 aromatic carbocycles. The Balaban J connectivity index is 1.84. The highest BCUT2D eigenvalue weighted by atomic mass is 19.1. The number of aryl methyl sites for hydroxylation is 1. The zero-order chi connectivity index (χ0) is 17.3. The summed E-state index contributed by atoms with van der Waals surface area (Å²) in [6.45, 7) is 3.93. The minimum Gasteiger partial charge on any atom is -0.324 e. The lowest BCUT2D eigenvalue weighted by molar-refractivity contribution is -0.120. The Hall–Kier alpha value is -2.69. The first-order chi connectivity index (χ1) is 11.5. The van der Waals surface area contributed by atoms with Gasteiger partial charge in [-0.15, -0.1) is 0 Å². The highest BCUT2D eigenvalue weighted by Crippen LogP contribution is 2.28. The van der Waals surface area contributed by atoms with Crippen LogP contribution in [0.1, 0.15) is 24.0 Å². The number of rotatable bonds is 3. The SMILES string of the molecule is Cc1cccc(NC(=O)C2CCC(=O)N2c2ccc(F)cc2)c1C. The van der Waals surface area contributed by atoms with E-state index in [0.29, 0.717) is 18.5 Å². The van der Waals surface area contributed by atoms with Crippen LogP contribution in [-0.2, 0) is 9.59 Å². The van der Waals surface area contributed by atoms with E-state index in [1.54, 1.807) is 0 Å². The van der Waals surface area contributed by atoms with Gasteiger partial charge < -0.3 is 5.32 Å². The zero-order valence-electron chi connectivity index (χ0n) is 13.7. The zero-order valence-corrected chi connectivity index (χ0v) is 13.7. The molecule has 1 saturated heterocycles. The molecule has 4 nitrogen and oxygen atoms in total. The van der Waals surface area contributed by atoms with Crippen LogP contribution in [0.25, 0.3) is 0 Å². The summed E-state index contributed by atoms with van der Waals surface area (Å²) in [5, 5.41) is 2.92. The number of halogens is 1. The molecule has 0 spiro atoms. The number of carbonyl (C=O) groups excluding carboxylic acids is 2. The van der Waals surface area contributed by atoms with E-state index in [1.807, 2.05) is 32.0 Å². The second-order valence-electron chi connectivity index (χ2n) is 6.03. The van der Waals surface area contributed by atoms with Gasteiger partial charge in [-0.05, 0) is 61.7 Å². The third-order valence-corrected chi connectivity index (χ3v) is 4.48. The van der Waals surface area contributed by atoms with Crippen molar-refractivity contribution in [3.05, 3.63) is 59.4 Å². The highest BCUT2D eigenvalue weighted by Gasteiger charge is 2.37. The van der Waals surface area contributed by atoms with Gasteiger partial charge in [0.15, 0.2) is 0 Å². The monoisotopic (exact) mass is 326 g/mol. The molecule has 0 aromatic heterocycles. The fourth-order valence-electron chi connectivity index (χ4n) is 2.96. The number of nitrogens with zero attached hydrogens (tertiary/aromatic N) is 1. The van der Waals surface area contributed by atoms with Gasteiger partial charge in [0.2, 0.25) is 11.8 Å². The Kier molecular flexibility index (Phi) is 4.34. The largest absolute Gasteiger partial charge is 0.324 e. The number of hydrogen-bond donors (Lipinski definition) is 1. The van der Waals surface area contributed by atoms with E-state index >= 15 is 0 Å². The smallest absolute Gasteiger partial charge is 0.247 e. The molecule has 2 amide bonds. The molecule has 2 aromatic rings. The lowest BCUT2D eigenvalue weighted by Crippen LogP contribution is -2.41. The van der Waals surface area contributed by atoms with E-state index in [1.165, 1.54) is 29.2 Å². The average Bonchev–Trinajstić information content (AvgIpc) is 2.94. The molecular formula is C19H19FN2O2. The summed E-state index contributed by atoms with van der Waals surface area (Å²) in [5.74, 6) is -0.719. The van der Waals surface area contributed by atoms with Crippen LogP contribution >= 0.6 is 0 Å². The summed E-state index contributed by atoms with van der Waals surface area (Å²) < 4.78 is 13.1. The van der Waals surface area contributed by atoms with E-state index in [0.717, 1.165) is 16.8 Å². The Labute approximate surface area is 140 Å². The minimum atomic E-state index is -0.581. The summed E-state index contributed by atoms with van der Waals surface area (Å²) in [4.78, 5) is 26.4. The first kappa shape index (κ1) is 16.2. The lowest BCUT2D eigenvalue weighted by atomic mass is 10.1. The topological polar surface area (TPSA) is 49.4 Å². The van der Waals surface area contributed by atoms with Gasteiger partial charge in [0.1, 0.15) is 11.9 Å². The van der Waals surface area contributed by atoms with Crippen molar-refractivity contribution >= 4 is 23.2 Å². The molecule has 1 aliphatic heterocycles. The van der Waals surface area contributed by atoms with Crippen LogP contribution in [0.15, 0.2) is 42.5 Å². The Morgan fingerprint density at radius 3 is 2.58 bits per heavy atom. The van der Waals surface area contributed by atoms with Crippen molar-refractivity contribution in [1.29, 1.82) is 0 Å². The molecule has 124 valence electrons. The molecule has 0 saturated carbocycles. The molecule has 3 rings (SSSR count). The Morgan fingerprint density at radius 1 is 1.17 bits per heavy atom. The average molecular weight is 326 g/mol. The van der Waals surface area contributed by atoms with Gasteiger partial charge in [-0.2, -0.15) is 0 Å². The summed E-state index contributed by atoms with van der Waals surface area (Å²) in [6, 6.07) is 10.8. The van der Waals surface area contributed by atoms with Crippen molar-refractivity contribution in [2.24, 2.45) is 0 Å². The summed E-state index contributed by atoms with van der Waals surface area (Å²) in [6.07, 6.45) is 0.759. The molecule has 1 heterocycles. The molecule has 0 bridgehead atoms. The quantitative estimate of drug-likeness (QED) is 0.937. The predicted octanol–water partition coefficient (Wildman–Crippen LogP) is 3.58. The van der Waals surface area contributed by atoms with Gasteiger partial charge in [-0.25, -0.2) is 4.39 Å². The molecule has 1 unspecified atom stereocenters. The summed E-state index contributed by atoms with van der Waals surface area (Å²) >= 11 is 0. The lowest BCUT2D eigenvalue weighted by Gasteiger charge is -2.24. The van der Waals surface area contributed by atoms with E-state index in [4.69, 9.17) is 0 Å². The number of nitrogens with one attached hydrogen (secondary N) is 1. The highest BCUT2D eigenvalue weighted by molar-refractivity contribution is 6.07. The molecule has 5 heteroatoms. The third kappa shape index (κ3) is 3.02. The van der Waals surface area contributed by atoms with Gasteiger partial charge in [-0.1, -0.05) is 12.1 Å². The van der Waals surface area contributed by atoms with Gasteiger partial charge >= 0.3 is 0 Å². The Morgan fingerprint density at radius 2 is 1.88 bits per heavy atom. The maximum absolute atomic E-state index is 13.1. The van der Waals surface area contributed by atoms with E-state index in [9.17, 15) is 14.0 Å². The predicted molar refractivity (Wildman–Crippen MR) is 91.5 cm³/mol. The third-order valence-electron chi connectivity index (χ3n) is 4.48. The van der Waals surface area contributed by atoms with Crippen LogP contribution in [0, 0.1) is 19.7 Å². The van der Waals surface area contributed by atoms with Gasteiger partial charge in [0.05, 0.1) is 0 Å². The number of hydrogen-bond acceptors (Lipinski definition) is 2. The Bertz CT molecular complexity index is 786. The maximum atomic E-state index is 13.1. The van der Waals surface area contributed by atoms with Crippen molar-refractivity contribution < 1.29 is 14.0 Å². The number of amides is 2. The summed E-state index contributed by atoms with van der Waals surface area (Å²) in [7, 11) is 0. The van der Waals surface area contributed by atoms with E-state index < -0.39 is 6.04 Å². The minimum absolute atomic E-state index is 0.122. The van der Waals surface area contributed by atoms with Gasteiger partial charge in [0, 0.05) is 17.8 Å². The van der Waals surface area contributed by atoms with Gasteiger partial charge in [-0.3, -0.25) is 14.5 Å². The van der Waals surface area contributed by atoms with Crippen molar-refractivity contribution in [3.8, 4) is 0 Å². The number of benzene rings is 2. The molecular weight excluding hydrogens is 307 g/mol. The molecule has 1 aliphatic rings. The fraction of sp³-hybridized carbons (Fsp3) is 0.263. The fourth-order valence-corrected chi connectivity index (χ4v) is 2.96. The van der Waals surface area contributed by atoms with Crippen molar-refractivity contribution in [2.75, 3.05) is 10.2 Å². The number of anilines is 2. The second kappa shape index (κ2) is 6.43. The summed E-state index contributed by atoms with van der Waals surface area (Å²) in [5.41, 5.74) is 3.38. The van der Waals surface area contributed by atoms with E-state index in [2.05, 4.69) is 5.32 Å². The molecule has 1 atom stereocenters. The first-order valence-corrected chi connectivity index (χ1v) is 7.92. The molecule has 24 heavy (non-hydrogen) atoms. The first-order valence-electron chi connectivity index (χ1n) is 7.92. The standard InChI is InChI=1S/C19H19FN2O2/c1-12-4-3-5-16(13(12)2)21-19(24)17-10-11-18(23)22(17)15-8-6-14(20)7-9-15/h3-9,17H,10-11H2,1-2H3,(H,21,24). The molecule has 1 fully saturated rings.